The van der Waals surface area contributed by atoms with Crippen LogP contribution in [0.4, 0.5) is 0 Å². The molecule has 354 valence electrons. The lowest BCUT2D eigenvalue weighted by atomic mass is 9.92. The number of nitrogens with one attached hydrogen (secondary N) is 5. The fourth-order valence-corrected chi connectivity index (χ4v) is 8.03. The van der Waals surface area contributed by atoms with Gasteiger partial charge in [-0.25, -0.2) is 4.98 Å². The van der Waals surface area contributed by atoms with Gasteiger partial charge in [0.2, 0.25) is 17.7 Å². The van der Waals surface area contributed by atoms with Crippen LogP contribution in [0.2, 0.25) is 0 Å². The largest absolute Gasteiger partial charge is 0.493 e. The summed E-state index contributed by atoms with van der Waals surface area (Å²) < 4.78 is 19.1. The molecule has 14 nitrogen and oxygen atoms in total. The van der Waals surface area contributed by atoms with Gasteiger partial charge in [0.05, 0.1) is 12.8 Å². The first-order valence-corrected chi connectivity index (χ1v) is 23.4. The summed E-state index contributed by atoms with van der Waals surface area (Å²) in [7, 11) is 0. The van der Waals surface area contributed by atoms with Crippen molar-refractivity contribution in [1.82, 2.24) is 26.3 Å². The molecule has 0 aliphatic rings. The van der Waals surface area contributed by atoms with E-state index in [2.05, 4.69) is 58.3 Å². The van der Waals surface area contributed by atoms with E-state index in [0.717, 1.165) is 44.7 Å². The Kier molecular flexibility index (Phi) is 18.1. The minimum Gasteiger partial charge on any atom is -0.493 e. The van der Waals surface area contributed by atoms with Gasteiger partial charge in [0.25, 0.3) is 5.91 Å². The molecule has 1 heterocycles. The second kappa shape index (κ2) is 24.6. The summed E-state index contributed by atoms with van der Waals surface area (Å²) in [6.07, 6.45) is 5.11. The Hall–Kier alpha value is -6.93. The van der Waals surface area contributed by atoms with Crippen molar-refractivity contribution in [2.45, 2.75) is 90.8 Å². The molecule has 0 aliphatic heterocycles. The number of oxazole rings is 1. The molecular formula is C53H66N8O6. The van der Waals surface area contributed by atoms with Gasteiger partial charge in [-0.1, -0.05) is 119 Å². The Morgan fingerprint density at radius 1 is 0.687 bits per heavy atom. The summed E-state index contributed by atoms with van der Waals surface area (Å²) in [5, 5.41) is 23.2. The van der Waals surface area contributed by atoms with Gasteiger partial charge in [-0.2, -0.15) is 0 Å². The molecule has 1 aromatic heterocycles. The molecule has 5 aromatic carbocycles. The zero-order valence-electron chi connectivity index (χ0n) is 39.1. The van der Waals surface area contributed by atoms with Gasteiger partial charge in [-0.05, 0) is 97.0 Å². The summed E-state index contributed by atoms with van der Waals surface area (Å²) in [4.78, 5) is 47.0. The minimum absolute atomic E-state index is 0.164. The molecule has 67 heavy (non-hydrogen) atoms. The van der Waals surface area contributed by atoms with Crippen molar-refractivity contribution in [2.24, 2.45) is 23.3 Å². The highest BCUT2D eigenvalue weighted by Crippen LogP contribution is 2.45. The first-order chi connectivity index (χ1) is 32.4. The monoisotopic (exact) mass is 911 g/mol. The number of hydrogen-bond acceptors (Lipinski definition) is 9. The highest BCUT2D eigenvalue weighted by molar-refractivity contribution is 6.10. The number of benzene rings is 5. The van der Waals surface area contributed by atoms with E-state index in [1.807, 2.05) is 98.8 Å². The number of guanidine groups is 1. The van der Waals surface area contributed by atoms with Crippen LogP contribution in [0.3, 0.4) is 0 Å². The van der Waals surface area contributed by atoms with Crippen molar-refractivity contribution >= 4 is 45.2 Å². The lowest BCUT2D eigenvalue weighted by Crippen LogP contribution is -2.54. The number of hydrogen-bond donors (Lipinski definition) is 7. The molecule has 0 bridgehead atoms. The van der Waals surface area contributed by atoms with E-state index in [-0.39, 0.29) is 31.3 Å². The van der Waals surface area contributed by atoms with E-state index in [9.17, 15) is 14.4 Å². The van der Waals surface area contributed by atoms with E-state index >= 15 is 0 Å². The number of carbonyl (C=O) groups excluding carboxylic acids is 3. The van der Waals surface area contributed by atoms with Gasteiger partial charge in [0.15, 0.2) is 18.3 Å². The van der Waals surface area contributed by atoms with Crippen molar-refractivity contribution in [3.05, 3.63) is 115 Å². The van der Waals surface area contributed by atoms with Crippen LogP contribution in [0.15, 0.2) is 114 Å². The molecule has 0 saturated carbocycles. The molecule has 0 fully saturated rings. The van der Waals surface area contributed by atoms with Crippen molar-refractivity contribution in [2.75, 3.05) is 26.3 Å². The average molecular weight is 911 g/mol. The topological polar surface area (TPSA) is 220 Å². The molecule has 14 heteroatoms. The number of rotatable bonds is 25. The maximum absolute atomic E-state index is 14.3. The first kappa shape index (κ1) is 49.5. The third-order valence-corrected chi connectivity index (χ3v) is 11.5. The highest BCUT2D eigenvalue weighted by Gasteiger charge is 2.30. The van der Waals surface area contributed by atoms with E-state index in [4.69, 9.17) is 30.8 Å². The molecule has 0 unspecified atom stereocenters. The lowest BCUT2D eigenvalue weighted by Gasteiger charge is -2.25. The van der Waals surface area contributed by atoms with E-state index in [0.29, 0.717) is 74.4 Å². The Balaban J connectivity index is 1.23. The van der Waals surface area contributed by atoms with Crippen LogP contribution in [-0.4, -0.2) is 67.1 Å². The van der Waals surface area contributed by atoms with Gasteiger partial charge >= 0.3 is 0 Å². The number of carbonyl (C=O) groups is 3. The minimum atomic E-state index is -1.01. The van der Waals surface area contributed by atoms with Gasteiger partial charge in [-0.15, -0.1) is 0 Å². The third-order valence-electron chi connectivity index (χ3n) is 11.5. The number of nitrogens with two attached hydrogens (primary N) is 2. The number of ether oxygens (including phenoxy) is 2. The van der Waals surface area contributed by atoms with Crippen molar-refractivity contribution < 1.29 is 28.3 Å². The molecule has 0 saturated heterocycles. The number of unbranched alkanes of at least 4 members (excludes halogenated alkanes) is 1. The summed E-state index contributed by atoms with van der Waals surface area (Å²) in [5.74, 6) is 1.05. The standard InChI is InChI=1S/C53H66N8O6/c1-34(2)27-30-65-44-25-23-36-15-8-10-19-39(36)48(44)49-40-20-11-9-16-37(40)24-26-45(49)66-33-47(62)59-41(21-12-13-28-54)50(63)60-42(22-14-29-57-53(55)56)51(64)61-43(31-35(3)4)52-58-32-46(67-52)38-17-6-5-7-18-38/h5-11,15-20,23-26,32,34-35,41-43H,12-14,21-22,27-31,33,54H2,1-4H3,(H,59,62)(H,60,63)(H,61,64)(H4,55,56,57)/t41-,42-,43+/m1/s1. The van der Waals surface area contributed by atoms with Crippen molar-refractivity contribution in [3.8, 4) is 33.9 Å². The predicted octanol–water partition coefficient (Wildman–Crippen LogP) is 8.38. The van der Waals surface area contributed by atoms with Crippen LogP contribution >= 0.6 is 0 Å². The fraction of sp³-hybridized carbons (Fsp3) is 0.377. The first-order valence-electron chi connectivity index (χ1n) is 23.4. The smallest absolute Gasteiger partial charge is 0.258 e. The molecule has 6 rings (SSSR count). The third kappa shape index (κ3) is 14.0. The van der Waals surface area contributed by atoms with Crippen LogP contribution in [0, 0.1) is 17.2 Å². The molecule has 3 amide bonds. The van der Waals surface area contributed by atoms with Crippen LogP contribution in [0.5, 0.6) is 11.5 Å². The van der Waals surface area contributed by atoms with Crippen LogP contribution in [0.1, 0.15) is 84.6 Å². The predicted molar refractivity (Wildman–Crippen MR) is 266 cm³/mol. The lowest BCUT2D eigenvalue weighted by molar-refractivity contribution is -0.133. The Morgan fingerprint density at radius 3 is 1.91 bits per heavy atom. The van der Waals surface area contributed by atoms with Gasteiger partial charge < -0.3 is 46.6 Å². The number of nitrogens with zero attached hydrogens (tertiary/aromatic N) is 1. The second-order valence-corrected chi connectivity index (χ2v) is 17.7. The van der Waals surface area contributed by atoms with Gasteiger partial charge in [0.1, 0.15) is 29.6 Å². The van der Waals surface area contributed by atoms with Crippen LogP contribution in [-0.2, 0) is 14.4 Å². The summed E-state index contributed by atoms with van der Waals surface area (Å²) >= 11 is 0. The van der Waals surface area contributed by atoms with E-state index in [1.54, 1.807) is 6.20 Å². The van der Waals surface area contributed by atoms with Gasteiger partial charge in [-0.3, -0.25) is 19.8 Å². The molecule has 0 spiro atoms. The Labute approximate surface area is 393 Å². The zero-order valence-corrected chi connectivity index (χ0v) is 39.1. The molecule has 0 aliphatic carbocycles. The summed E-state index contributed by atoms with van der Waals surface area (Å²) in [5.41, 5.74) is 13.9. The fourth-order valence-electron chi connectivity index (χ4n) is 8.03. The highest BCUT2D eigenvalue weighted by atomic mass is 16.5. The van der Waals surface area contributed by atoms with Crippen molar-refractivity contribution in [1.29, 1.82) is 5.41 Å². The Morgan fingerprint density at radius 2 is 1.28 bits per heavy atom. The molecule has 0 radical (unpaired) electrons. The average Bonchev–Trinajstić information content (AvgIpc) is 3.82. The summed E-state index contributed by atoms with van der Waals surface area (Å²) in [6, 6.07) is 31.0. The van der Waals surface area contributed by atoms with Crippen LogP contribution < -0.4 is 42.2 Å². The van der Waals surface area contributed by atoms with Gasteiger partial charge in [0, 0.05) is 23.2 Å². The summed E-state index contributed by atoms with van der Waals surface area (Å²) in [6.45, 7) is 9.26. The normalized spacial score (nSPS) is 12.7. The number of aromatic nitrogens is 1. The maximum atomic E-state index is 14.3. The molecule has 9 N–H and O–H groups in total. The SMILES string of the molecule is CC(C)CCOc1ccc2ccccc2c1-c1c(OCC(=O)N[C@H](CCCCN)C(=O)N[C@H](CCCNC(=N)N)C(=O)N[C@@H](CC(C)C)c2ncc(-c3ccccc3)o2)ccc2ccccc12. The number of fused-ring (bicyclic) bond motifs is 2. The quantitative estimate of drug-likeness (QED) is 0.0165. The molecule has 3 atom stereocenters. The molecule has 6 aromatic rings. The van der Waals surface area contributed by atoms with Crippen molar-refractivity contribution in [3.63, 3.8) is 0 Å². The van der Waals surface area contributed by atoms with Crippen LogP contribution in [0.25, 0.3) is 44.0 Å². The Bertz CT molecular complexity index is 2580. The zero-order chi connectivity index (χ0) is 47.7. The second-order valence-electron chi connectivity index (χ2n) is 17.7. The van der Waals surface area contributed by atoms with E-state index in [1.165, 1.54) is 0 Å². The van der Waals surface area contributed by atoms with E-state index < -0.39 is 35.8 Å². The number of amides is 3. The molecular weight excluding hydrogens is 845 g/mol. The maximum Gasteiger partial charge on any atom is 0.258 e.